The van der Waals surface area contributed by atoms with Crippen LogP contribution in [0.1, 0.15) is 41.7 Å². The van der Waals surface area contributed by atoms with Crippen LogP contribution in [0.5, 0.6) is 0 Å². The number of piperazine rings is 1. The van der Waals surface area contributed by atoms with Crippen molar-refractivity contribution in [1.82, 2.24) is 14.5 Å². The summed E-state index contributed by atoms with van der Waals surface area (Å²) in [4.78, 5) is 20.9. The highest BCUT2D eigenvalue weighted by molar-refractivity contribution is 5.91. The molecule has 0 spiro atoms. The minimum absolute atomic E-state index is 0.0463. The third kappa shape index (κ3) is 5.43. The Morgan fingerprint density at radius 3 is 2.39 bits per heavy atom. The van der Waals surface area contributed by atoms with Crippen molar-refractivity contribution >= 4 is 22.7 Å². The lowest BCUT2D eigenvalue weighted by atomic mass is 10.2. The molecule has 38 heavy (non-hydrogen) atoms. The molecule has 0 radical (unpaired) electrons. The Bertz CT molecular complexity index is 1400. The quantitative estimate of drug-likeness (QED) is 0.337. The second-order valence-corrected chi connectivity index (χ2v) is 9.61. The number of carboxylic acids is 1. The summed E-state index contributed by atoms with van der Waals surface area (Å²) in [6.45, 7) is 8.26. The number of ether oxygens (including phenoxy) is 2. The molecule has 198 valence electrons. The normalized spacial score (nSPS) is 16.0. The zero-order chi connectivity index (χ0) is 26.6. The number of hydrogen-bond acceptors (Lipinski definition) is 7. The van der Waals surface area contributed by atoms with E-state index >= 15 is 0 Å². The Hall–Kier alpha value is -3.72. The number of hydrogen-bond donors (Lipinski definition) is 0. The van der Waals surface area contributed by atoms with E-state index in [9.17, 15) is 9.90 Å². The Balaban J connectivity index is 1.33. The number of carbonyl (C=O) groups excluding carboxylic acids is 1. The van der Waals surface area contributed by atoms with Gasteiger partial charge in [0.15, 0.2) is 0 Å². The van der Waals surface area contributed by atoms with Crippen LogP contribution in [0.3, 0.4) is 0 Å². The Kier molecular flexibility index (Phi) is 7.74. The van der Waals surface area contributed by atoms with Gasteiger partial charge in [0.1, 0.15) is 18.2 Å². The number of carbonyl (C=O) groups is 1. The Morgan fingerprint density at radius 1 is 0.947 bits per heavy atom. The summed E-state index contributed by atoms with van der Waals surface area (Å²) in [5.41, 5.74) is 4.78. The fourth-order valence-electron chi connectivity index (χ4n) is 4.94. The van der Waals surface area contributed by atoms with E-state index in [-0.39, 0.29) is 17.9 Å². The lowest BCUT2D eigenvalue weighted by Crippen LogP contribution is -2.50. The predicted octanol–water partition coefficient (Wildman–Crippen LogP) is 3.78. The number of imidazole rings is 1. The van der Waals surface area contributed by atoms with Crippen LogP contribution in [-0.4, -0.2) is 59.9 Å². The fourth-order valence-corrected chi connectivity index (χ4v) is 4.94. The number of aromatic nitrogens is 2. The van der Waals surface area contributed by atoms with Gasteiger partial charge in [-0.25, -0.2) is 4.98 Å². The van der Waals surface area contributed by atoms with E-state index in [1.54, 1.807) is 25.3 Å². The molecule has 4 aromatic rings. The van der Waals surface area contributed by atoms with E-state index in [0.29, 0.717) is 17.9 Å². The minimum Gasteiger partial charge on any atom is -0.545 e. The van der Waals surface area contributed by atoms with Gasteiger partial charge in [-0.15, -0.1) is 0 Å². The van der Waals surface area contributed by atoms with Crippen molar-refractivity contribution in [1.29, 1.82) is 0 Å². The third-order valence-corrected chi connectivity index (χ3v) is 7.25. The van der Waals surface area contributed by atoms with E-state index in [2.05, 4.69) is 41.0 Å². The molecule has 1 aliphatic heterocycles. The van der Waals surface area contributed by atoms with Crippen LogP contribution in [0.15, 0.2) is 72.8 Å². The standard InChI is InChI=1S/C30H34N4O4/c1-21(37-3)29-31-27-18-24(30(35)36)12-13-28(27)34(29)26-11-7-10-25(19-26)33-16-14-32(15-17-33)22(2)38-20-23-8-5-4-6-9-23/h4-13,18-19,21-22H,14-17,20H2,1-3H3,(H,35,36)/p-1. The molecule has 0 amide bonds. The number of benzene rings is 3. The molecule has 0 aliphatic carbocycles. The van der Waals surface area contributed by atoms with E-state index in [4.69, 9.17) is 14.5 Å². The highest BCUT2D eigenvalue weighted by Gasteiger charge is 2.23. The molecule has 2 heterocycles. The van der Waals surface area contributed by atoms with Crippen LogP contribution in [0.25, 0.3) is 16.7 Å². The Labute approximate surface area is 223 Å². The second kappa shape index (κ2) is 11.3. The lowest BCUT2D eigenvalue weighted by molar-refractivity contribution is -0.255. The van der Waals surface area contributed by atoms with Gasteiger partial charge in [0, 0.05) is 44.7 Å². The molecule has 1 fully saturated rings. The molecule has 5 rings (SSSR count). The van der Waals surface area contributed by atoms with Gasteiger partial charge in [-0.05, 0) is 55.3 Å². The van der Waals surface area contributed by atoms with Crippen LogP contribution in [0.4, 0.5) is 5.69 Å². The van der Waals surface area contributed by atoms with Crippen LogP contribution < -0.4 is 10.0 Å². The second-order valence-electron chi connectivity index (χ2n) is 9.61. The largest absolute Gasteiger partial charge is 0.545 e. The molecule has 0 saturated carbocycles. The first-order chi connectivity index (χ1) is 18.4. The maximum atomic E-state index is 11.4. The van der Waals surface area contributed by atoms with E-state index < -0.39 is 5.97 Å². The summed E-state index contributed by atoms with van der Waals surface area (Å²) >= 11 is 0. The van der Waals surface area contributed by atoms with Crippen molar-refractivity contribution in [3.05, 3.63) is 89.7 Å². The topological polar surface area (TPSA) is 82.9 Å². The molecule has 8 heteroatoms. The zero-order valence-corrected chi connectivity index (χ0v) is 22.0. The first-order valence-electron chi connectivity index (χ1n) is 13.0. The molecular weight excluding hydrogens is 480 g/mol. The van der Waals surface area contributed by atoms with Crippen molar-refractivity contribution in [3.63, 3.8) is 0 Å². The maximum absolute atomic E-state index is 11.4. The van der Waals surface area contributed by atoms with Gasteiger partial charge in [0.25, 0.3) is 0 Å². The lowest BCUT2D eigenvalue weighted by Gasteiger charge is -2.39. The van der Waals surface area contributed by atoms with E-state index in [1.807, 2.05) is 41.8 Å². The summed E-state index contributed by atoms with van der Waals surface area (Å²) < 4.78 is 13.8. The molecule has 0 bridgehead atoms. The number of aromatic carboxylic acids is 1. The molecule has 1 aliphatic rings. The van der Waals surface area contributed by atoms with Crippen LogP contribution in [0.2, 0.25) is 0 Å². The number of nitrogens with zero attached hydrogens (tertiary/aromatic N) is 4. The molecular formula is C30H33N4O4-. The summed E-state index contributed by atoms with van der Waals surface area (Å²) in [5, 5.41) is 11.4. The van der Waals surface area contributed by atoms with Gasteiger partial charge in [0.2, 0.25) is 0 Å². The van der Waals surface area contributed by atoms with Gasteiger partial charge in [0.05, 0.1) is 23.6 Å². The molecule has 1 aromatic heterocycles. The number of anilines is 1. The number of rotatable bonds is 9. The van der Waals surface area contributed by atoms with Crippen molar-refractivity contribution in [2.45, 2.75) is 32.8 Å². The monoisotopic (exact) mass is 513 g/mol. The summed E-state index contributed by atoms with van der Waals surface area (Å²) in [5.74, 6) is -0.506. The van der Waals surface area contributed by atoms with Crippen molar-refractivity contribution in [2.75, 3.05) is 38.2 Å². The molecule has 0 N–H and O–H groups in total. The van der Waals surface area contributed by atoms with E-state index in [1.165, 1.54) is 5.56 Å². The number of methoxy groups -OCH3 is 1. The van der Waals surface area contributed by atoms with Crippen molar-refractivity contribution in [3.8, 4) is 5.69 Å². The van der Waals surface area contributed by atoms with Crippen molar-refractivity contribution in [2.24, 2.45) is 0 Å². The highest BCUT2D eigenvalue weighted by atomic mass is 16.5. The first-order valence-corrected chi connectivity index (χ1v) is 13.0. The van der Waals surface area contributed by atoms with Gasteiger partial charge >= 0.3 is 0 Å². The van der Waals surface area contributed by atoms with Gasteiger partial charge in [-0.1, -0.05) is 42.5 Å². The van der Waals surface area contributed by atoms with E-state index in [0.717, 1.165) is 43.1 Å². The zero-order valence-electron chi connectivity index (χ0n) is 22.0. The van der Waals surface area contributed by atoms with Crippen LogP contribution in [-0.2, 0) is 16.1 Å². The molecule has 3 aromatic carbocycles. The first kappa shape index (κ1) is 25.9. The number of carboxylic acid groups (broad SMARTS) is 1. The summed E-state index contributed by atoms with van der Waals surface area (Å²) in [7, 11) is 1.64. The maximum Gasteiger partial charge on any atom is 0.143 e. The number of fused-ring (bicyclic) bond motifs is 1. The third-order valence-electron chi connectivity index (χ3n) is 7.25. The predicted molar refractivity (Wildman–Crippen MR) is 145 cm³/mol. The Morgan fingerprint density at radius 2 is 1.68 bits per heavy atom. The molecule has 2 atom stereocenters. The average molecular weight is 514 g/mol. The van der Waals surface area contributed by atoms with Gasteiger partial charge < -0.3 is 24.3 Å². The van der Waals surface area contributed by atoms with Crippen molar-refractivity contribution < 1.29 is 19.4 Å². The average Bonchev–Trinajstić information content (AvgIpc) is 3.35. The SMILES string of the molecule is COC(C)c1nc2cc(C(=O)[O-])ccc2n1-c1cccc(N2CCN(C(C)OCc3ccccc3)CC2)c1. The minimum atomic E-state index is -1.22. The van der Waals surface area contributed by atoms with Gasteiger partial charge in [-0.2, -0.15) is 0 Å². The van der Waals surface area contributed by atoms with Crippen LogP contribution in [0, 0.1) is 0 Å². The highest BCUT2D eigenvalue weighted by Crippen LogP contribution is 2.30. The van der Waals surface area contributed by atoms with Gasteiger partial charge in [-0.3, -0.25) is 9.47 Å². The molecule has 2 unspecified atom stereocenters. The molecule has 8 nitrogen and oxygen atoms in total. The summed E-state index contributed by atoms with van der Waals surface area (Å²) in [6, 6.07) is 23.5. The fraction of sp³-hybridized carbons (Fsp3) is 0.333. The smallest absolute Gasteiger partial charge is 0.143 e. The van der Waals surface area contributed by atoms with Crippen LogP contribution >= 0.6 is 0 Å². The molecule has 1 saturated heterocycles. The summed E-state index contributed by atoms with van der Waals surface area (Å²) in [6.07, 6.45) is -0.233.